The highest BCUT2D eigenvalue weighted by Crippen LogP contribution is 2.39. The molecule has 0 unspecified atom stereocenters. The van der Waals surface area contributed by atoms with Crippen molar-refractivity contribution in [3.8, 4) is 51.2 Å². The van der Waals surface area contributed by atoms with Gasteiger partial charge in [0.25, 0.3) is 0 Å². The van der Waals surface area contributed by atoms with Crippen LogP contribution in [0.25, 0.3) is 51.2 Å². The molecule has 0 saturated carbocycles. The summed E-state index contributed by atoms with van der Waals surface area (Å²) in [6, 6.07) is 48.1. The van der Waals surface area contributed by atoms with Gasteiger partial charge in [-0.3, -0.25) is 29.1 Å². The van der Waals surface area contributed by atoms with Gasteiger partial charge in [-0.25, -0.2) is 34.6 Å². The molecule has 0 aliphatic carbocycles. The first-order valence-electron chi connectivity index (χ1n) is 31.4. The predicted molar refractivity (Wildman–Crippen MR) is 372 cm³/mol. The Morgan fingerprint density at radius 3 is 1.17 bits per heavy atom. The van der Waals surface area contributed by atoms with Gasteiger partial charge >= 0.3 is 0 Å². The molecule has 96 heavy (non-hydrogen) atoms. The zero-order valence-electron chi connectivity index (χ0n) is 53.2. The third-order valence-electron chi connectivity index (χ3n) is 16.9. The lowest BCUT2D eigenvalue weighted by Crippen LogP contribution is -2.30. The van der Waals surface area contributed by atoms with Gasteiger partial charge < -0.3 is 0 Å². The molecule has 0 spiro atoms. The molecule has 9 heterocycles. The normalized spacial score (nSPS) is 13.2. The topological polar surface area (TPSA) is 230 Å². The van der Waals surface area contributed by atoms with Gasteiger partial charge in [0.15, 0.2) is 17.5 Å². The van der Waals surface area contributed by atoms with Crippen molar-refractivity contribution in [2.24, 2.45) is 0 Å². The minimum Gasteiger partial charge on any atom is -0.292 e. The van der Waals surface area contributed by atoms with E-state index in [0.29, 0.717) is 85.0 Å². The van der Waals surface area contributed by atoms with Crippen molar-refractivity contribution in [1.29, 1.82) is 0 Å². The summed E-state index contributed by atoms with van der Waals surface area (Å²) in [7, 11) is 0. The van der Waals surface area contributed by atoms with Crippen LogP contribution in [0.1, 0.15) is 137 Å². The van der Waals surface area contributed by atoms with Crippen molar-refractivity contribution in [2.45, 2.75) is 119 Å². The van der Waals surface area contributed by atoms with Crippen LogP contribution < -0.4 is 14.7 Å². The molecular weight excluding hydrogens is 1200 g/mol. The van der Waals surface area contributed by atoms with Crippen molar-refractivity contribution in [1.82, 2.24) is 74.9 Å². The fourth-order valence-electron chi connectivity index (χ4n) is 12.0. The Hall–Kier alpha value is -11.6. The molecule has 21 nitrogen and oxygen atoms in total. The minimum absolute atomic E-state index is 0. The Morgan fingerprint density at radius 1 is 0.406 bits per heavy atom. The molecule has 21 heteroatoms. The fraction of sp³-hybridized carbons (Fsp3) is 0.240. The average molecular weight is 1280 g/mol. The maximum atomic E-state index is 13.0. The predicted octanol–water partition coefficient (Wildman–Crippen LogP) is 13.6. The molecule has 0 fully saturated rings. The van der Waals surface area contributed by atoms with Crippen LogP contribution in [0.15, 0.2) is 201 Å². The molecule has 484 valence electrons. The molecule has 1 atom stereocenters. The molecular formula is C75H76N18O3. The molecule has 0 radical (unpaired) electrons. The van der Waals surface area contributed by atoms with E-state index in [1.54, 1.807) is 84.7 Å². The van der Waals surface area contributed by atoms with Crippen LogP contribution in [-0.4, -0.2) is 92.6 Å². The van der Waals surface area contributed by atoms with E-state index in [-0.39, 0.29) is 38.6 Å². The van der Waals surface area contributed by atoms with Gasteiger partial charge in [-0.15, -0.1) is 5.10 Å². The summed E-state index contributed by atoms with van der Waals surface area (Å²) in [4.78, 5) is 75.1. The van der Waals surface area contributed by atoms with E-state index in [9.17, 15) is 14.4 Å². The second-order valence-corrected chi connectivity index (χ2v) is 24.2. The van der Waals surface area contributed by atoms with Crippen LogP contribution in [0, 0.1) is 0 Å². The second kappa shape index (κ2) is 28.7. The van der Waals surface area contributed by atoms with Gasteiger partial charge in [-0.1, -0.05) is 171 Å². The molecule has 6 aromatic carbocycles. The maximum Gasteiger partial charge on any atom is 0.233 e. The zero-order valence-corrected chi connectivity index (χ0v) is 53.2. The molecule has 3 amide bonds. The van der Waals surface area contributed by atoms with Crippen molar-refractivity contribution in [2.75, 3.05) is 14.7 Å². The quantitative estimate of drug-likeness (QED) is 0.0929. The lowest BCUT2D eigenvalue weighted by Gasteiger charge is -2.25. The number of anilines is 3. The Labute approximate surface area is 558 Å². The monoisotopic (exact) mass is 1280 g/mol. The van der Waals surface area contributed by atoms with E-state index >= 15 is 0 Å². The Morgan fingerprint density at radius 2 is 0.771 bits per heavy atom. The lowest BCUT2D eigenvalue weighted by atomic mass is 9.97. The van der Waals surface area contributed by atoms with E-state index < -0.39 is 0 Å². The highest BCUT2D eigenvalue weighted by Gasteiger charge is 2.35. The Bertz CT molecular complexity index is 4470. The van der Waals surface area contributed by atoms with Gasteiger partial charge in [0, 0.05) is 52.0 Å². The van der Waals surface area contributed by atoms with Crippen LogP contribution in [0.5, 0.6) is 0 Å². The number of carbonyl (C=O) groups excluding carboxylic acids is 3. The summed E-state index contributed by atoms with van der Waals surface area (Å²) in [5.41, 5.74) is 14.9. The fourth-order valence-corrected chi connectivity index (χ4v) is 12.0. The molecule has 15 rings (SSSR count). The molecule has 0 bridgehead atoms. The number of hydrogen-bond acceptors (Lipinski definition) is 15. The number of amides is 3. The summed E-state index contributed by atoms with van der Waals surface area (Å²) in [6.45, 7) is 15.9. The molecule has 12 aromatic rings. The Balaban J connectivity index is 0.000000145. The highest BCUT2D eigenvalue weighted by atomic mass is 16.2. The highest BCUT2D eigenvalue weighted by molar-refractivity contribution is 6.02. The first kappa shape index (κ1) is 65.9. The SMILES string of the molecule is C.C.CC(C)c1ccccc1-c1ncc2c(n1)N(Cc1ccc(-n3ccnn3)cc1)C(=O)C2.CC(C)c1ccccc1-c1ncc2c(n1)N(Cc1ccc(-n3nccn3)cc1)C(=O)C2.CC(C)c1ccccc1-c1ncc2c(n1)N([C@@H](C)c1ccc(-n3nccn3)cc1)C(=O)C2. The van der Waals surface area contributed by atoms with Crippen molar-refractivity contribution >= 4 is 35.2 Å². The first-order valence-corrected chi connectivity index (χ1v) is 31.4. The molecule has 3 aliphatic rings. The van der Waals surface area contributed by atoms with Crippen molar-refractivity contribution in [3.63, 3.8) is 0 Å². The summed E-state index contributed by atoms with van der Waals surface area (Å²) in [5, 5.41) is 24.5. The first-order chi connectivity index (χ1) is 45.7. The summed E-state index contributed by atoms with van der Waals surface area (Å²) >= 11 is 0. The van der Waals surface area contributed by atoms with Gasteiger partial charge in [0.05, 0.1) is 92.6 Å². The van der Waals surface area contributed by atoms with Crippen LogP contribution in [-0.2, 0) is 46.7 Å². The summed E-state index contributed by atoms with van der Waals surface area (Å²) in [5.74, 6) is 5.24. The van der Waals surface area contributed by atoms with Gasteiger partial charge in [-0.05, 0) is 94.5 Å². The number of carbonyl (C=O) groups is 3. The molecule has 0 saturated heterocycles. The standard InChI is InChI=1S/C25H24N6O.2C24H22N6O.2CH4/c1-16(2)21-6-4-5-7-22(21)24-26-15-19-14-23(32)30(25(19)29-24)17(3)18-8-10-20(11-9-18)31-27-12-13-28-31;1-16(2)20-5-3-4-6-21(20)23-25-14-18-13-22(31)29(24(18)27-23)15-17-7-9-19(10-8-17)30-12-11-26-28-30;1-16(2)20-5-3-4-6-21(20)23-25-14-18-13-22(31)29(24(18)28-23)15-17-7-9-19(10-8-17)30-26-11-12-27-30;;/h4-13,15-17H,14H2,1-3H3;2*3-12,14,16H,13,15H2,1-2H3;2*1H4/t17-;;;;/m0..../s1. The number of benzene rings is 6. The summed E-state index contributed by atoms with van der Waals surface area (Å²) < 4.78 is 1.70. The van der Waals surface area contributed by atoms with E-state index in [4.69, 9.17) is 15.0 Å². The van der Waals surface area contributed by atoms with E-state index in [0.717, 1.165) is 67.1 Å². The average Bonchev–Trinajstić information content (AvgIpc) is 1.60. The van der Waals surface area contributed by atoms with E-state index in [1.165, 1.54) is 16.7 Å². The number of nitrogens with zero attached hydrogens (tertiary/aromatic N) is 18. The molecule has 6 aromatic heterocycles. The van der Waals surface area contributed by atoms with Crippen LogP contribution in [0.4, 0.5) is 17.5 Å². The van der Waals surface area contributed by atoms with Gasteiger partial charge in [0.1, 0.15) is 17.5 Å². The van der Waals surface area contributed by atoms with Crippen LogP contribution in [0.3, 0.4) is 0 Å². The third-order valence-corrected chi connectivity index (χ3v) is 16.9. The minimum atomic E-state index is -0.161. The zero-order chi connectivity index (χ0) is 65.0. The number of hydrogen-bond donors (Lipinski definition) is 0. The van der Waals surface area contributed by atoms with Gasteiger partial charge in [-0.2, -0.15) is 30.0 Å². The molecule has 3 aliphatic heterocycles. The summed E-state index contributed by atoms with van der Waals surface area (Å²) in [6.07, 6.45) is 16.4. The maximum absolute atomic E-state index is 13.0. The van der Waals surface area contributed by atoms with Gasteiger partial charge in [0.2, 0.25) is 17.7 Å². The second-order valence-electron chi connectivity index (χ2n) is 24.2. The van der Waals surface area contributed by atoms with Crippen LogP contribution in [0.2, 0.25) is 0 Å². The largest absolute Gasteiger partial charge is 0.292 e. The lowest BCUT2D eigenvalue weighted by molar-refractivity contribution is -0.118. The third kappa shape index (κ3) is 13.7. The van der Waals surface area contributed by atoms with Crippen LogP contribution >= 0.6 is 0 Å². The van der Waals surface area contributed by atoms with E-state index in [2.05, 4.69) is 105 Å². The molecule has 0 N–H and O–H groups in total. The number of rotatable bonds is 15. The van der Waals surface area contributed by atoms with Crippen molar-refractivity contribution < 1.29 is 14.4 Å². The van der Waals surface area contributed by atoms with Crippen molar-refractivity contribution in [3.05, 3.63) is 251 Å². The Kier molecular flexibility index (Phi) is 19.7. The van der Waals surface area contributed by atoms with E-state index in [1.807, 2.05) is 134 Å². The smallest absolute Gasteiger partial charge is 0.233 e. The number of aromatic nitrogens is 15. The number of fused-ring (bicyclic) bond motifs is 3.